The molecule has 28 heavy (non-hydrogen) atoms. The zero-order chi connectivity index (χ0) is 19.7. The number of fused-ring (bicyclic) bond motifs is 1. The molecule has 4 rings (SSSR count). The summed E-state index contributed by atoms with van der Waals surface area (Å²) in [5.74, 6) is 1.67. The average Bonchev–Trinajstić information content (AvgIpc) is 3.23. The highest BCUT2D eigenvalue weighted by atomic mass is 16.5. The SMILES string of the molecule is CCc1ccc(-c2noc(-c3ccc4c(c3)C(=O)CC(CC)(CC)O4)n2)cc1. The van der Waals surface area contributed by atoms with Crippen LogP contribution in [0.3, 0.4) is 0 Å². The van der Waals surface area contributed by atoms with Crippen molar-refractivity contribution in [1.29, 1.82) is 0 Å². The van der Waals surface area contributed by atoms with E-state index in [-0.39, 0.29) is 5.78 Å². The number of Topliss-reactive ketones (excluding diaryl/α,β-unsaturated/α-hetero) is 1. The summed E-state index contributed by atoms with van der Waals surface area (Å²) < 4.78 is 11.6. The molecule has 5 heteroatoms. The van der Waals surface area contributed by atoms with Crippen LogP contribution in [0.4, 0.5) is 0 Å². The average molecular weight is 376 g/mol. The number of carbonyl (C=O) groups excluding carboxylic acids is 1. The van der Waals surface area contributed by atoms with Crippen molar-refractivity contribution >= 4 is 5.78 Å². The van der Waals surface area contributed by atoms with Crippen LogP contribution in [0.1, 0.15) is 56.0 Å². The van der Waals surface area contributed by atoms with E-state index < -0.39 is 5.60 Å². The van der Waals surface area contributed by atoms with E-state index in [9.17, 15) is 4.79 Å². The van der Waals surface area contributed by atoms with E-state index in [2.05, 4.69) is 43.0 Å². The summed E-state index contributed by atoms with van der Waals surface area (Å²) in [6.45, 7) is 6.24. The number of hydrogen-bond acceptors (Lipinski definition) is 5. The highest BCUT2D eigenvalue weighted by molar-refractivity contribution is 6.01. The number of rotatable bonds is 5. The molecule has 144 valence electrons. The molecule has 0 unspecified atom stereocenters. The number of aromatic nitrogens is 2. The van der Waals surface area contributed by atoms with Crippen molar-refractivity contribution in [2.45, 2.75) is 52.1 Å². The van der Waals surface area contributed by atoms with Crippen LogP contribution in [0.15, 0.2) is 47.0 Å². The summed E-state index contributed by atoms with van der Waals surface area (Å²) in [4.78, 5) is 17.3. The molecule has 1 aliphatic heterocycles. The second-order valence-electron chi connectivity index (χ2n) is 7.28. The Kier molecular flexibility index (Phi) is 4.75. The Balaban J connectivity index is 1.64. The van der Waals surface area contributed by atoms with Gasteiger partial charge in [-0.25, -0.2) is 0 Å². The Bertz CT molecular complexity index is 1000. The summed E-state index contributed by atoms with van der Waals surface area (Å²) in [5.41, 5.74) is 3.08. The lowest BCUT2D eigenvalue weighted by molar-refractivity contribution is 0.0350. The largest absolute Gasteiger partial charge is 0.486 e. The maximum absolute atomic E-state index is 12.7. The number of ketones is 1. The van der Waals surface area contributed by atoms with Crippen LogP contribution in [-0.2, 0) is 6.42 Å². The van der Waals surface area contributed by atoms with Crippen molar-refractivity contribution in [3.05, 3.63) is 53.6 Å². The molecule has 0 spiro atoms. The van der Waals surface area contributed by atoms with Gasteiger partial charge in [-0.3, -0.25) is 4.79 Å². The number of benzene rings is 2. The first kappa shape index (κ1) is 18.4. The van der Waals surface area contributed by atoms with Crippen molar-refractivity contribution in [1.82, 2.24) is 10.1 Å². The van der Waals surface area contributed by atoms with Crippen LogP contribution >= 0.6 is 0 Å². The van der Waals surface area contributed by atoms with Crippen LogP contribution in [0.25, 0.3) is 22.8 Å². The predicted octanol–water partition coefficient (Wildman–Crippen LogP) is 5.49. The van der Waals surface area contributed by atoms with Gasteiger partial charge in [-0.15, -0.1) is 0 Å². The molecule has 0 N–H and O–H groups in total. The number of ether oxygens (including phenoxy) is 1. The number of nitrogens with zero attached hydrogens (tertiary/aromatic N) is 2. The van der Waals surface area contributed by atoms with Gasteiger partial charge in [-0.1, -0.05) is 50.2 Å². The molecule has 0 radical (unpaired) electrons. The van der Waals surface area contributed by atoms with E-state index in [1.807, 2.05) is 24.3 Å². The fourth-order valence-corrected chi connectivity index (χ4v) is 3.62. The maximum Gasteiger partial charge on any atom is 0.258 e. The third kappa shape index (κ3) is 3.21. The van der Waals surface area contributed by atoms with Crippen molar-refractivity contribution in [2.75, 3.05) is 0 Å². The van der Waals surface area contributed by atoms with Crippen LogP contribution < -0.4 is 4.74 Å². The first-order chi connectivity index (χ1) is 13.6. The van der Waals surface area contributed by atoms with Gasteiger partial charge in [0.2, 0.25) is 5.82 Å². The minimum atomic E-state index is -0.395. The molecule has 0 aliphatic carbocycles. The number of hydrogen-bond donors (Lipinski definition) is 0. The van der Waals surface area contributed by atoms with Gasteiger partial charge >= 0.3 is 0 Å². The van der Waals surface area contributed by atoms with Crippen molar-refractivity contribution < 1.29 is 14.1 Å². The molecule has 0 atom stereocenters. The molecule has 0 fully saturated rings. The molecule has 0 saturated carbocycles. The normalized spacial score (nSPS) is 15.2. The van der Waals surface area contributed by atoms with Crippen molar-refractivity contribution in [3.8, 4) is 28.6 Å². The quantitative estimate of drug-likeness (QED) is 0.589. The van der Waals surface area contributed by atoms with Crippen molar-refractivity contribution in [3.63, 3.8) is 0 Å². The summed E-state index contributed by atoms with van der Waals surface area (Å²) in [7, 11) is 0. The second-order valence-corrected chi connectivity index (χ2v) is 7.28. The van der Waals surface area contributed by atoms with E-state index in [0.29, 0.717) is 29.4 Å². The summed E-state index contributed by atoms with van der Waals surface area (Å²) >= 11 is 0. The molecule has 1 aromatic heterocycles. The smallest absolute Gasteiger partial charge is 0.258 e. The van der Waals surface area contributed by atoms with Gasteiger partial charge in [0.25, 0.3) is 5.89 Å². The molecule has 1 aliphatic rings. The lowest BCUT2D eigenvalue weighted by Gasteiger charge is -2.36. The van der Waals surface area contributed by atoms with Crippen molar-refractivity contribution in [2.24, 2.45) is 0 Å². The van der Waals surface area contributed by atoms with E-state index in [1.54, 1.807) is 6.07 Å². The monoisotopic (exact) mass is 376 g/mol. The molecular weight excluding hydrogens is 352 g/mol. The minimum Gasteiger partial charge on any atom is -0.486 e. The molecule has 2 heterocycles. The fraction of sp³-hybridized carbons (Fsp3) is 0.348. The highest BCUT2D eigenvalue weighted by Crippen LogP contribution is 2.39. The van der Waals surface area contributed by atoms with Gasteiger partial charge in [0, 0.05) is 11.1 Å². The van der Waals surface area contributed by atoms with Crippen LogP contribution in [0, 0.1) is 0 Å². The Morgan fingerprint density at radius 1 is 1.00 bits per heavy atom. The lowest BCUT2D eigenvalue weighted by Crippen LogP contribution is -2.40. The van der Waals surface area contributed by atoms with Crippen LogP contribution in [0.5, 0.6) is 5.75 Å². The molecule has 0 saturated heterocycles. The molecule has 3 aromatic rings. The molecule has 2 aromatic carbocycles. The summed E-state index contributed by atoms with van der Waals surface area (Å²) in [5, 5.41) is 4.10. The minimum absolute atomic E-state index is 0.0988. The molecular formula is C23H24N2O3. The third-order valence-corrected chi connectivity index (χ3v) is 5.67. The zero-order valence-corrected chi connectivity index (χ0v) is 16.5. The standard InChI is InChI=1S/C23H24N2O3/c1-4-15-7-9-16(10-8-15)21-24-22(28-25-21)17-11-12-20-18(13-17)19(26)14-23(5-2,6-3)27-20/h7-13H,4-6,14H2,1-3H3. The van der Waals surface area contributed by atoms with Gasteiger partial charge in [0.15, 0.2) is 5.78 Å². The highest BCUT2D eigenvalue weighted by Gasteiger charge is 2.37. The van der Waals surface area contributed by atoms with E-state index in [4.69, 9.17) is 9.26 Å². The second kappa shape index (κ2) is 7.23. The van der Waals surface area contributed by atoms with Gasteiger partial charge < -0.3 is 9.26 Å². The van der Waals surface area contributed by atoms with Crippen LogP contribution in [0.2, 0.25) is 0 Å². The Morgan fingerprint density at radius 2 is 1.71 bits per heavy atom. The number of carbonyl (C=O) groups is 1. The van der Waals surface area contributed by atoms with E-state index in [0.717, 1.165) is 30.4 Å². The Hall–Kier alpha value is -2.95. The summed E-state index contributed by atoms with van der Waals surface area (Å²) in [6.07, 6.45) is 3.00. The first-order valence-corrected chi connectivity index (χ1v) is 9.87. The van der Waals surface area contributed by atoms with E-state index in [1.165, 1.54) is 5.56 Å². The Labute approximate surface area is 164 Å². The predicted molar refractivity (Wildman–Crippen MR) is 107 cm³/mol. The van der Waals surface area contributed by atoms with Gasteiger partial charge in [-0.2, -0.15) is 4.98 Å². The lowest BCUT2D eigenvalue weighted by atomic mass is 9.85. The molecule has 5 nitrogen and oxygen atoms in total. The maximum atomic E-state index is 12.7. The zero-order valence-electron chi connectivity index (χ0n) is 16.5. The summed E-state index contributed by atoms with van der Waals surface area (Å²) in [6, 6.07) is 13.6. The van der Waals surface area contributed by atoms with E-state index >= 15 is 0 Å². The van der Waals surface area contributed by atoms with Gasteiger partial charge in [0.05, 0.1) is 12.0 Å². The Morgan fingerprint density at radius 3 is 2.39 bits per heavy atom. The number of aryl methyl sites for hydroxylation is 1. The van der Waals surface area contributed by atoms with Gasteiger partial charge in [-0.05, 0) is 43.0 Å². The molecule has 0 bridgehead atoms. The van der Waals surface area contributed by atoms with Crippen LogP contribution in [-0.4, -0.2) is 21.5 Å². The first-order valence-electron chi connectivity index (χ1n) is 9.87. The molecule has 0 amide bonds. The fourth-order valence-electron chi connectivity index (χ4n) is 3.62. The third-order valence-electron chi connectivity index (χ3n) is 5.67. The van der Waals surface area contributed by atoms with Gasteiger partial charge in [0.1, 0.15) is 11.4 Å². The topological polar surface area (TPSA) is 65.2 Å².